The van der Waals surface area contributed by atoms with E-state index in [1.165, 1.54) is 11.3 Å². The van der Waals surface area contributed by atoms with Gasteiger partial charge < -0.3 is 10.5 Å². The highest BCUT2D eigenvalue weighted by atomic mass is 32.1. The van der Waals surface area contributed by atoms with Gasteiger partial charge in [0, 0.05) is 12.5 Å². The van der Waals surface area contributed by atoms with E-state index in [0.717, 1.165) is 44.9 Å². The van der Waals surface area contributed by atoms with Crippen LogP contribution in [0.2, 0.25) is 0 Å². The Hall–Kier alpha value is -1.51. The van der Waals surface area contributed by atoms with E-state index in [2.05, 4.69) is 20.7 Å². The highest BCUT2D eigenvalue weighted by molar-refractivity contribution is 7.24. The second-order valence-corrected chi connectivity index (χ2v) is 6.72. The predicted octanol–water partition coefficient (Wildman–Crippen LogP) is 2.31. The van der Waals surface area contributed by atoms with Crippen molar-refractivity contribution in [2.45, 2.75) is 19.3 Å². The number of thiophene rings is 1. The van der Waals surface area contributed by atoms with Crippen molar-refractivity contribution in [3.05, 3.63) is 16.8 Å². The third-order valence-corrected chi connectivity index (χ3v) is 5.69. The largest absolute Gasteiger partial charge is 0.397 e. The van der Waals surface area contributed by atoms with Crippen LogP contribution in [0.25, 0.3) is 14.8 Å². The number of hydrogen-bond acceptors (Lipinski definition) is 7. The monoisotopic (exact) mass is 307 g/mol. The first-order chi connectivity index (χ1) is 9.74. The fourth-order valence-corrected chi connectivity index (χ4v) is 4.26. The number of hydrogen-bond donors (Lipinski definition) is 1. The highest BCUT2D eigenvalue weighted by Gasteiger charge is 2.25. The molecule has 0 spiro atoms. The van der Waals surface area contributed by atoms with Crippen molar-refractivity contribution < 1.29 is 4.74 Å². The molecule has 1 saturated heterocycles. The number of aromatic nitrogens is 4. The van der Waals surface area contributed by atoms with E-state index in [0.29, 0.717) is 12.5 Å². The topological polar surface area (TPSA) is 78.3 Å². The Morgan fingerprint density at radius 2 is 2.35 bits per heavy atom. The summed E-state index contributed by atoms with van der Waals surface area (Å²) in [7, 11) is 0. The van der Waals surface area contributed by atoms with Crippen molar-refractivity contribution in [1.82, 2.24) is 19.8 Å². The lowest BCUT2D eigenvalue weighted by Crippen LogP contribution is -2.04. The molecule has 6 nitrogen and oxygen atoms in total. The summed E-state index contributed by atoms with van der Waals surface area (Å²) in [6, 6.07) is 0. The lowest BCUT2D eigenvalue weighted by Gasteiger charge is -2.01. The maximum absolute atomic E-state index is 6.10. The first-order valence-electron chi connectivity index (χ1n) is 6.38. The van der Waals surface area contributed by atoms with Gasteiger partial charge in [-0.1, -0.05) is 11.3 Å². The molecule has 1 atom stereocenters. The summed E-state index contributed by atoms with van der Waals surface area (Å²) in [5.41, 5.74) is 8.01. The Balaban J connectivity index is 1.81. The number of nitrogens with two attached hydrogens (primary N) is 1. The van der Waals surface area contributed by atoms with E-state index < -0.39 is 0 Å². The van der Waals surface area contributed by atoms with Crippen LogP contribution in [0.15, 0.2) is 5.38 Å². The van der Waals surface area contributed by atoms with Gasteiger partial charge in [-0.25, -0.2) is 0 Å². The van der Waals surface area contributed by atoms with Gasteiger partial charge in [-0.2, -0.15) is 9.61 Å². The van der Waals surface area contributed by atoms with E-state index in [9.17, 15) is 0 Å². The summed E-state index contributed by atoms with van der Waals surface area (Å²) >= 11 is 3.15. The van der Waals surface area contributed by atoms with Gasteiger partial charge in [0.25, 0.3) is 0 Å². The normalized spacial score (nSPS) is 19.1. The minimum atomic E-state index is 0.294. The number of ether oxygens (including phenoxy) is 1. The first kappa shape index (κ1) is 12.2. The van der Waals surface area contributed by atoms with Gasteiger partial charge in [-0.05, 0) is 24.3 Å². The van der Waals surface area contributed by atoms with Crippen LogP contribution in [0.4, 0.5) is 5.69 Å². The summed E-state index contributed by atoms with van der Waals surface area (Å²) in [6.45, 7) is 3.50. The van der Waals surface area contributed by atoms with Crippen molar-refractivity contribution in [1.29, 1.82) is 0 Å². The molecule has 8 heteroatoms. The highest BCUT2D eigenvalue weighted by Crippen LogP contribution is 2.37. The van der Waals surface area contributed by atoms with Gasteiger partial charge in [0.05, 0.1) is 17.2 Å². The van der Waals surface area contributed by atoms with E-state index in [4.69, 9.17) is 10.5 Å². The Morgan fingerprint density at radius 1 is 1.45 bits per heavy atom. The maximum atomic E-state index is 6.10. The standard InChI is InChI=1S/C12H13N5OS2/c1-6-5-19-9(8(6)13)11-16-17-10(7-2-3-18-4-7)14-15-12(17)20-11/h5,7H,2-4,13H2,1H3. The molecule has 1 fully saturated rings. The molecule has 0 radical (unpaired) electrons. The van der Waals surface area contributed by atoms with Gasteiger partial charge in [-0.3, -0.25) is 0 Å². The molecule has 4 heterocycles. The van der Waals surface area contributed by atoms with Crippen LogP contribution in [0.5, 0.6) is 0 Å². The molecular formula is C12H13N5OS2. The van der Waals surface area contributed by atoms with Crippen LogP contribution in [0.3, 0.4) is 0 Å². The third-order valence-electron chi connectivity index (χ3n) is 3.53. The molecule has 1 aliphatic rings. The number of aryl methyl sites for hydroxylation is 1. The second kappa shape index (κ2) is 4.51. The SMILES string of the molecule is Cc1csc(-c2nn3c(C4CCOC4)nnc3s2)c1N. The van der Waals surface area contributed by atoms with Crippen molar-refractivity contribution in [2.24, 2.45) is 0 Å². The molecule has 104 valence electrons. The summed E-state index contributed by atoms with van der Waals surface area (Å²) in [6.07, 6.45) is 0.980. The molecule has 0 aliphatic carbocycles. The number of anilines is 1. The molecular weight excluding hydrogens is 294 g/mol. The minimum Gasteiger partial charge on any atom is -0.397 e. The molecule has 1 aliphatic heterocycles. The van der Waals surface area contributed by atoms with E-state index >= 15 is 0 Å². The average molecular weight is 307 g/mol. The van der Waals surface area contributed by atoms with E-state index in [-0.39, 0.29) is 0 Å². The third kappa shape index (κ3) is 1.75. The van der Waals surface area contributed by atoms with Crippen LogP contribution in [0.1, 0.15) is 23.7 Å². The Kier molecular flexibility index (Phi) is 2.76. The van der Waals surface area contributed by atoms with Crippen molar-refractivity contribution in [3.63, 3.8) is 0 Å². The summed E-state index contributed by atoms with van der Waals surface area (Å²) in [4.78, 5) is 1.83. The van der Waals surface area contributed by atoms with Gasteiger partial charge in [0.1, 0.15) is 0 Å². The Labute approximate surface area is 123 Å². The molecule has 3 aromatic rings. The van der Waals surface area contributed by atoms with Gasteiger partial charge in [0.15, 0.2) is 10.8 Å². The molecule has 0 amide bonds. The van der Waals surface area contributed by atoms with Crippen molar-refractivity contribution in [2.75, 3.05) is 18.9 Å². The molecule has 20 heavy (non-hydrogen) atoms. The Morgan fingerprint density at radius 3 is 3.05 bits per heavy atom. The van der Waals surface area contributed by atoms with E-state index in [1.807, 2.05) is 11.4 Å². The second-order valence-electron chi connectivity index (χ2n) is 4.88. The number of nitrogen functional groups attached to an aromatic ring is 1. The smallest absolute Gasteiger partial charge is 0.235 e. The van der Waals surface area contributed by atoms with E-state index in [1.54, 1.807) is 11.3 Å². The van der Waals surface area contributed by atoms with Crippen LogP contribution in [-0.2, 0) is 4.74 Å². The molecule has 1 unspecified atom stereocenters. The van der Waals surface area contributed by atoms with Crippen LogP contribution >= 0.6 is 22.7 Å². The summed E-state index contributed by atoms with van der Waals surface area (Å²) < 4.78 is 7.26. The zero-order valence-corrected chi connectivity index (χ0v) is 12.5. The van der Waals surface area contributed by atoms with Crippen LogP contribution in [0, 0.1) is 6.92 Å². The quantitative estimate of drug-likeness (QED) is 0.786. The van der Waals surface area contributed by atoms with Crippen LogP contribution < -0.4 is 5.73 Å². The Bertz CT molecular complexity index is 768. The number of nitrogens with zero attached hydrogens (tertiary/aromatic N) is 4. The van der Waals surface area contributed by atoms with Gasteiger partial charge >= 0.3 is 0 Å². The molecule has 3 aromatic heterocycles. The van der Waals surface area contributed by atoms with Crippen molar-refractivity contribution in [3.8, 4) is 9.88 Å². The van der Waals surface area contributed by atoms with Crippen molar-refractivity contribution >= 4 is 33.3 Å². The lowest BCUT2D eigenvalue weighted by molar-refractivity contribution is 0.193. The minimum absolute atomic E-state index is 0.294. The van der Waals surface area contributed by atoms with Gasteiger partial charge in [-0.15, -0.1) is 21.5 Å². The molecule has 4 rings (SSSR count). The average Bonchev–Trinajstić information content (AvgIpc) is 3.15. The molecule has 0 aromatic carbocycles. The zero-order chi connectivity index (χ0) is 13.7. The maximum Gasteiger partial charge on any atom is 0.235 e. The number of fused-ring (bicyclic) bond motifs is 1. The molecule has 0 bridgehead atoms. The van der Waals surface area contributed by atoms with Gasteiger partial charge in [0.2, 0.25) is 4.96 Å². The summed E-state index contributed by atoms with van der Waals surface area (Å²) in [5, 5.41) is 16.1. The zero-order valence-electron chi connectivity index (χ0n) is 10.9. The molecule has 0 saturated carbocycles. The summed E-state index contributed by atoms with van der Waals surface area (Å²) in [5.74, 6) is 1.19. The first-order valence-corrected chi connectivity index (χ1v) is 8.07. The predicted molar refractivity (Wildman–Crippen MR) is 79.3 cm³/mol. The lowest BCUT2D eigenvalue weighted by atomic mass is 10.1. The number of rotatable bonds is 2. The molecule has 2 N–H and O–H groups in total. The fraction of sp³-hybridized carbons (Fsp3) is 0.417. The fourth-order valence-electron chi connectivity index (χ4n) is 2.34. The van der Waals surface area contributed by atoms with Crippen LogP contribution in [-0.4, -0.2) is 33.0 Å².